The number of rotatable bonds is 7. The fraction of sp³-hybridized carbons (Fsp3) is 0.130. The van der Waals surface area contributed by atoms with Crippen molar-refractivity contribution < 1.29 is 14.3 Å². The number of hydrogen-bond acceptors (Lipinski definition) is 3. The lowest BCUT2D eigenvalue weighted by Gasteiger charge is -2.12. The lowest BCUT2D eigenvalue weighted by atomic mass is 10.1. The highest BCUT2D eigenvalue weighted by Crippen LogP contribution is 2.29. The molecule has 0 bridgehead atoms. The molecule has 142 valence electrons. The number of nitrogens with one attached hydrogen (secondary N) is 2. The minimum atomic E-state index is -0.410. The Morgan fingerprint density at radius 1 is 0.786 bits per heavy atom. The van der Waals surface area contributed by atoms with Crippen LogP contribution in [0.4, 0.5) is 11.4 Å². The molecule has 0 atom stereocenters. The fourth-order valence-corrected chi connectivity index (χ4v) is 2.64. The molecule has 5 heteroatoms. The van der Waals surface area contributed by atoms with Gasteiger partial charge in [0.25, 0.3) is 0 Å². The van der Waals surface area contributed by atoms with Crippen molar-refractivity contribution in [1.82, 2.24) is 0 Å². The SMILES string of the molecule is CCc1ccc(NC(=O)CC(=O)Nc2ccccc2Oc2ccccc2)cc1. The summed E-state index contributed by atoms with van der Waals surface area (Å²) in [5, 5.41) is 5.47. The van der Waals surface area contributed by atoms with Gasteiger partial charge in [0.2, 0.25) is 11.8 Å². The highest BCUT2D eigenvalue weighted by Gasteiger charge is 2.13. The van der Waals surface area contributed by atoms with Gasteiger partial charge in [-0.3, -0.25) is 9.59 Å². The van der Waals surface area contributed by atoms with Gasteiger partial charge in [-0.25, -0.2) is 0 Å². The predicted molar refractivity (Wildman–Crippen MR) is 111 cm³/mol. The van der Waals surface area contributed by atoms with E-state index in [1.165, 1.54) is 5.56 Å². The number of para-hydroxylation sites is 3. The largest absolute Gasteiger partial charge is 0.455 e. The Hall–Kier alpha value is -3.60. The van der Waals surface area contributed by atoms with E-state index in [-0.39, 0.29) is 12.3 Å². The lowest BCUT2D eigenvalue weighted by Crippen LogP contribution is -2.21. The first kappa shape index (κ1) is 19.2. The standard InChI is InChI=1S/C23H22N2O3/c1-2-17-12-14-18(15-13-17)24-22(26)16-23(27)25-20-10-6-7-11-21(20)28-19-8-4-3-5-9-19/h3-15H,2,16H2,1H3,(H,24,26)(H,25,27). The van der Waals surface area contributed by atoms with Crippen molar-refractivity contribution in [1.29, 1.82) is 0 Å². The zero-order chi connectivity index (χ0) is 19.8. The molecule has 28 heavy (non-hydrogen) atoms. The molecule has 2 amide bonds. The summed E-state index contributed by atoms with van der Waals surface area (Å²) in [6, 6.07) is 24.0. The van der Waals surface area contributed by atoms with Crippen LogP contribution in [0.2, 0.25) is 0 Å². The zero-order valence-electron chi connectivity index (χ0n) is 15.6. The average molecular weight is 374 g/mol. The number of hydrogen-bond donors (Lipinski definition) is 2. The summed E-state index contributed by atoms with van der Waals surface area (Å²) in [7, 11) is 0. The Morgan fingerprint density at radius 2 is 1.43 bits per heavy atom. The van der Waals surface area contributed by atoms with E-state index >= 15 is 0 Å². The molecule has 3 rings (SSSR count). The highest BCUT2D eigenvalue weighted by atomic mass is 16.5. The maximum Gasteiger partial charge on any atom is 0.233 e. The maximum atomic E-state index is 12.3. The van der Waals surface area contributed by atoms with E-state index in [9.17, 15) is 9.59 Å². The number of ether oxygens (including phenoxy) is 1. The summed E-state index contributed by atoms with van der Waals surface area (Å²) in [6.45, 7) is 2.07. The Kier molecular flexibility index (Phi) is 6.41. The quantitative estimate of drug-likeness (QED) is 0.571. The van der Waals surface area contributed by atoms with Crippen LogP contribution in [0.5, 0.6) is 11.5 Å². The topological polar surface area (TPSA) is 67.4 Å². The zero-order valence-corrected chi connectivity index (χ0v) is 15.6. The van der Waals surface area contributed by atoms with Crippen LogP contribution in [0.3, 0.4) is 0 Å². The molecule has 0 heterocycles. The van der Waals surface area contributed by atoms with Crippen molar-refractivity contribution in [3.05, 3.63) is 84.4 Å². The van der Waals surface area contributed by atoms with Crippen LogP contribution >= 0.6 is 0 Å². The van der Waals surface area contributed by atoms with Crippen LogP contribution in [-0.2, 0) is 16.0 Å². The molecule has 0 aliphatic heterocycles. The van der Waals surface area contributed by atoms with Crippen molar-refractivity contribution >= 4 is 23.2 Å². The van der Waals surface area contributed by atoms with E-state index in [4.69, 9.17) is 4.74 Å². The molecule has 0 unspecified atom stereocenters. The molecule has 0 saturated carbocycles. The van der Waals surface area contributed by atoms with Gasteiger partial charge in [-0.05, 0) is 48.4 Å². The molecule has 5 nitrogen and oxygen atoms in total. The van der Waals surface area contributed by atoms with Crippen LogP contribution in [0, 0.1) is 0 Å². The van der Waals surface area contributed by atoms with Crippen molar-refractivity contribution in [2.45, 2.75) is 19.8 Å². The summed E-state index contributed by atoms with van der Waals surface area (Å²) in [5.41, 5.74) is 2.37. The maximum absolute atomic E-state index is 12.3. The van der Waals surface area contributed by atoms with Gasteiger partial charge in [-0.1, -0.05) is 49.4 Å². The minimum Gasteiger partial charge on any atom is -0.455 e. The Morgan fingerprint density at radius 3 is 2.14 bits per heavy atom. The molecule has 3 aromatic rings. The van der Waals surface area contributed by atoms with E-state index in [1.54, 1.807) is 18.2 Å². The smallest absolute Gasteiger partial charge is 0.233 e. The van der Waals surface area contributed by atoms with Gasteiger partial charge >= 0.3 is 0 Å². The van der Waals surface area contributed by atoms with Gasteiger partial charge in [0.1, 0.15) is 12.2 Å². The van der Waals surface area contributed by atoms with Gasteiger partial charge in [0, 0.05) is 5.69 Å². The molecular formula is C23H22N2O3. The number of carbonyl (C=O) groups is 2. The van der Waals surface area contributed by atoms with Gasteiger partial charge < -0.3 is 15.4 Å². The van der Waals surface area contributed by atoms with Crippen LogP contribution in [0.15, 0.2) is 78.9 Å². The third-order valence-electron chi connectivity index (χ3n) is 4.10. The van der Waals surface area contributed by atoms with E-state index in [1.807, 2.05) is 60.7 Å². The molecule has 0 aliphatic carbocycles. The second-order valence-corrected chi connectivity index (χ2v) is 6.23. The summed E-state index contributed by atoms with van der Waals surface area (Å²) < 4.78 is 5.82. The Balaban J connectivity index is 1.59. The van der Waals surface area contributed by atoms with Crippen molar-refractivity contribution in [3.63, 3.8) is 0 Å². The molecular weight excluding hydrogens is 352 g/mol. The van der Waals surface area contributed by atoms with E-state index in [2.05, 4.69) is 17.6 Å². The lowest BCUT2D eigenvalue weighted by molar-refractivity contribution is -0.123. The summed E-state index contributed by atoms with van der Waals surface area (Å²) in [6.07, 6.45) is 0.649. The van der Waals surface area contributed by atoms with E-state index in [0.717, 1.165) is 6.42 Å². The first-order valence-corrected chi connectivity index (χ1v) is 9.14. The summed E-state index contributed by atoms with van der Waals surface area (Å²) in [4.78, 5) is 24.4. The number of amides is 2. The first-order valence-electron chi connectivity index (χ1n) is 9.14. The third kappa shape index (κ3) is 5.45. The Bertz CT molecular complexity index is 938. The van der Waals surface area contributed by atoms with Crippen LogP contribution in [-0.4, -0.2) is 11.8 Å². The molecule has 0 aromatic heterocycles. The van der Waals surface area contributed by atoms with E-state index < -0.39 is 5.91 Å². The van der Waals surface area contributed by atoms with Crippen molar-refractivity contribution in [2.75, 3.05) is 10.6 Å². The monoisotopic (exact) mass is 374 g/mol. The van der Waals surface area contributed by atoms with Gasteiger partial charge in [0.05, 0.1) is 5.69 Å². The minimum absolute atomic E-state index is 0.283. The molecule has 2 N–H and O–H groups in total. The van der Waals surface area contributed by atoms with Crippen molar-refractivity contribution in [3.8, 4) is 11.5 Å². The Labute approximate surface area is 164 Å². The third-order valence-corrected chi connectivity index (χ3v) is 4.10. The average Bonchev–Trinajstić information content (AvgIpc) is 2.70. The second kappa shape index (κ2) is 9.37. The first-order chi connectivity index (χ1) is 13.6. The van der Waals surface area contributed by atoms with Gasteiger partial charge in [0.15, 0.2) is 5.75 Å². The fourth-order valence-electron chi connectivity index (χ4n) is 2.64. The van der Waals surface area contributed by atoms with Crippen LogP contribution < -0.4 is 15.4 Å². The molecule has 0 saturated heterocycles. The van der Waals surface area contributed by atoms with Crippen LogP contribution in [0.1, 0.15) is 18.9 Å². The molecule has 0 aliphatic rings. The van der Waals surface area contributed by atoms with Gasteiger partial charge in [-0.2, -0.15) is 0 Å². The number of aryl methyl sites for hydroxylation is 1. The summed E-state index contributed by atoms with van der Waals surface area (Å²) in [5.74, 6) is 0.394. The van der Waals surface area contributed by atoms with Crippen LogP contribution in [0.25, 0.3) is 0 Å². The molecule has 0 spiro atoms. The number of anilines is 2. The summed E-state index contributed by atoms with van der Waals surface area (Å²) >= 11 is 0. The molecule has 0 radical (unpaired) electrons. The molecule has 0 fully saturated rings. The predicted octanol–water partition coefficient (Wildman–Crippen LogP) is 5.01. The normalized spacial score (nSPS) is 10.2. The second-order valence-electron chi connectivity index (χ2n) is 6.23. The highest BCUT2D eigenvalue weighted by molar-refractivity contribution is 6.08. The van der Waals surface area contributed by atoms with Gasteiger partial charge in [-0.15, -0.1) is 0 Å². The molecule has 3 aromatic carbocycles. The van der Waals surface area contributed by atoms with E-state index in [0.29, 0.717) is 22.9 Å². The van der Waals surface area contributed by atoms with Crippen molar-refractivity contribution in [2.24, 2.45) is 0 Å². The number of carbonyl (C=O) groups excluding carboxylic acids is 2. The number of benzene rings is 3.